The molecule has 8 heteroatoms. The number of benzene rings is 1. The fourth-order valence-electron chi connectivity index (χ4n) is 1.50. The van der Waals surface area contributed by atoms with Gasteiger partial charge in [0.1, 0.15) is 6.61 Å². The molecule has 0 aliphatic rings. The molecule has 0 saturated carbocycles. The van der Waals surface area contributed by atoms with Gasteiger partial charge in [0.15, 0.2) is 10.6 Å². The molecule has 0 amide bonds. The average Bonchev–Trinajstić information content (AvgIpc) is 2.69. The zero-order valence-corrected chi connectivity index (χ0v) is 9.72. The number of aromatic nitrogens is 3. The van der Waals surface area contributed by atoms with Crippen molar-refractivity contribution in [3.05, 3.63) is 40.4 Å². The van der Waals surface area contributed by atoms with Gasteiger partial charge in [0.2, 0.25) is 0 Å². The molecule has 1 heterocycles. The van der Waals surface area contributed by atoms with Crippen LogP contribution in [0.5, 0.6) is 0 Å². The number of aromatic amines is 1. The molecule has 0 saturated heterocycles. The lowest BCUT2D eigenvalue weighted by molar-refractivity contribution is -0.137. The summed E-state index contributed by atoms with van der Waals surface area (Å²) >= 11 is 4.94. The molecule has 2 rings (SSSR count). The van der Waals surface area contributed by atoms with Gasteiger partial charge in [-0.1, -0.05) is 0 Å². The van der Waals surface area contributed by atoms with E-state index < -0.39 is 11.7 Å². The van der Waals surface area contributed by atoms with Gasteiger partial charge >= 0.3 is 6.18 Å². The van der Waals surface area contributed by atoms with Crippen molar-refractivity contribution in [2.24, 2.45) is 0 Å². The predicted octanol–water partition coefficient (Wildman–Crippen LogP) is 2.44. The van der Waals surface area contributed by atoms with Crippen LogP contribution in [0.1, 0.15) is 11.4 Å². The molecule has 0 bridgehead atoms. The van der Waals surface area contributed by atoms with Crippen LogP contribution in [0.2, 0.25) is 0 Å². The van der Waals surface area contributed by atoms with Gasteiger partial charge in [-0.2, -0.15) is 18.3 Å². The molecule has 0 unspecified atom stereocenters. The Morgan fingerprint density at radius 1 is 1.28 bits per heavy atom. The van der Waals surface area contributed by atoms with Gasteiger partial charge in [0, 0.05) is 5.69 Å². The Balaban J connectivity index is 2.47. The molecule has 2 aromatic rings. The van der Waals surface area contributed by atoms with Crippen LogP contribution in [0.3, 0.4) is 0 Å². The molecule has 0 aliphatic heterocycles. The lowest BCUT2D eigenvalue weighted by Gasteiger charge is -2.09. The highest BCUT2D eigenvalue weighted by Crippen LogP contribution is 2.29. The second-order valence-electron chi connectivity index (χ2n) is 3.48. The molecule has 96 valence electrons. The Labute approximate surface area is 105 Å². The second kappa shape index (κ2) is 4.54. The smallest absolute Gasteiger partial charge is 0.388 e. The van der Waals surface area contributed by atoms with Crippen molar-refractivity contribution in [3.8, 4) is 5.69 Å². The fraction of sp³-hybridized carbons (Fsp3) is 0.200. The molecule has 18 heavy (non-hydrogen) atoms. The van der Waals surface area contributed by atoms with Gasteiger partial charge in [-0.3, -0.25) is 9.67 Å². The van der Waals surface area contributed by atoms with Crippen LogP contribution < -0.4 is 0 Å². The first-order valence-corrected chi connectivity index (χ1v) is 5.29. The minimum atomic E-state index is -4.38. The number of aliphatic hydroxyl groups excluding tert-OH is 1. The maximum absolute atomic E-state index is 12.4. The van der Waals surface area contributed by atoms with Crippen molar-refractivity contribution in [2.45, 2.75) is 12.8 Å². The van der Waals surface area contributed by atoms with Crippen molar-refractivity contribution in [1.82, 2.24) is 14.8 Å². The zero-order valence-electron chi connectivity index (χ0n) is 8.90. The van der Waals surface area contributed by atoms with Crippen molar-refractivity contribution < 1.29 is 18.3 Å². The molecule has 0 spiro atoms. The van der Waals surface area contributed by atoms with E-state index in [1.807, 2.05) is 0 Å². The molecule has 1 aromatic carbocycles. The standard InChI is InChI=1S/C10H8F3N3OS/c11-10(12,13)6-1-3-7(4-2-6)16-8(5-17)14-15-9(16)18/h1-4,17H,5H2,(H,15,18). The topological polar surface area (TPSA) is 53.8 Å². The molecular weight excluding hydrogens is 267 g/mol. The quantitative estimate of drug-likeness (QED) is 0.828. The van der Waals surface area contributed by atoms with E-state index in [9.17, 15) is 13.2 Å². The van der Waals surface area contributed by atoms with E-state index in [1.54, 1.807) is 0 Å². The van der Waals surface area contributed by atoms with Crippen LogP contribution in [0.4, 0.5) is 13.2 Å². The van der Waals surface area contributed by atoms with Crippen molar-refractivity contribution in [2.75, 3.05) is 0 Å². The van der Waals surface area contributed by atoms with Crippen molar-refractivity contribution in [1.29, 1.82) is 0 Å². The summed E-state index contributed by atoms with van der Waals surface area (Å²) in [5.74, 6) is 0.236. The first-order chi connectivity index (χ1) is 8.43. The van der Waals surface area contributed by atoms with Crippen LogP contribution in [-0.2, 0) is 12.8 Å². The molecule has 0 radical (unpaired) electrons. The van der Waals surface area contributed by atoms with E-state index in [4.69, 9.17) is 17.3 Å². The summed E-state index contributed by atoms with van der Waals surface area (Å²) in [4.78, 5) is 0. The monoisotopic (exact) mass is 275 g/mol. The largest absolute Gasteiger partial charge is 0.416 e. The normalized spacial score (nSPS) is 11.8. The minimum absolute atomic E-state index is 0.207. The highest BCUT2D eigenvalue weighted by atomic mass is 32.1. The molecule has 4 nitrogen and oxygen atoms in total. The maximum atomic E-state index is 12.4. The number of nitrogens with zero attached hydrogens (tertiary/aromatic N) is 2. The van der Waals surface area contributed by atoms with Gasteiger partial charge in [0.25, 0.3) is 0 Å². The molecule has 0 fully saturated rings. The second-order valence-corrected chi connectivity index (χ2v) is 3.87. The summed E-state index contributed by atoms with van der Waals surface area (Å²) in [7, 11) is 0. The molecule has 2 N–H and O–H groups in total. The van der Waals surface area contributed by atoms with Crippen molar-refractivity contribution in [3.63, 3.8) is 0 Å². The van der Waals surface area contributed by atoms with Gasteiger partial charge in [-0.25, -0.2) is 0 Å². The Morgan fingerprint density at radius 3 is 2.39 bits per heavy atom. The lowest BCUT2D eigenvalue weighted by Crippen LogP contribution is -2.06. The Hall–Kier alpha value is -1.67. The number of rotatable bonds is 2. The van der Waals surface area contributed by atoms with Gasteiger partial charge in [-0.05, 0) is 36.5 Å². The van der Waals surface area contributed by atoms with E-state index >= 15 is 0 Å². The number of hydrogen-bond donors (Lipinski definition) is 2. The predicted molar refractivity (Wildman–Crippen MR) is 59.7 cm³/mol. The third-order valence-corrected chi connectivity index (χ3v) is 2.61. The average molecular weight is 275 g/mol. The third-order valence-electron chi connectivity index (χ3n) is 2.34. The van der Waals surface area contributed by atoms with Crippen LogP contribution in [0.25, 0.3) is 5.69 Å². The number of H-pyrrole nitrogens is 1. The number of hydrogen-bond acceptors (Lipinski definition) is 3. The van der Waals surface area contributed by atoms with Crippen LogP contribution >= 0.6 is 12.2 Å². The number of alkyl halides is 3. The molecule has 1 aromatic heterocycles. The third kappa shape index (κ3) is 2.29. The first kappa shape index (κ1) is 12.8. The van der Waals surface area contributed by atoms with Gasteiger partial charge < -0.3 is 5.11 Å². The molecule has 0 atom stereocenters. The van der Waals surface area contributed by atoms with Gasteiger partial charge in [-0.15, -0.1) is 0 Å². The zero-order chi connectivity index (χ0) is 13.3. The number of halogens is 3. The molecule has 0 aliphatic carbocycles. The van der Waals surface area contributed by atoms with E-state index in [0.717, 1.165) is 12.1 Å². The maximum Gasteiger partial charge on any atom is 0.416 e. The SMILES string of the molecule is OCc1n[nH]c(=S)n1-c1ccc(C(F)(F)F)cc1. The first-order valence-electron chi connectivity index (χ1n) is 4.88. The number of nitrogens with one attached hydrogen (secondary N) is 1. The highest BCUT2D eigenvalue weighted by molar-refractivity contribution is 7.71. The summed E-state index contributed by atoms with van der Waals surface area (Å²) in [5, 5.41) is 15.3. The van der Waals surface area contributed by atoms with Crippen LogP contribution in [-0.4, -0.2) is 19.9 Å². The van der Waals surface area contributed by atoms with E-state index in [2.05, 4.69) is 10.2 Å². The van der Waals surface area contributed by atoms with E-state index in [0.29, 0.717) is 5.69 Å². The fourth-order valence-corrected chi connectivity index (χ4v) is 1.76. The lowest BCUT2D eigenvalue weighted by atomic mass is 10.2. The van der Waals surface area contributed by atoms with E-state index in [-0.39, 0.29) is 17.2 Å². The molecular formula is C10H8F3N3OS. The summed E-state index contributed by atoms with van der Waals surface area (Å²) in [6.07, 6.45) is -4.38. The van der Waals surface area contributed by atoms with Crippen LogP contribution in [0.15, 0.2) is 24.3 Å². The van der Waals surface area contributed by atoms with Crippen LogP contribution in [0, 0.1) is 4.77 Å². The van der Waals surface area contributed by atoms with Gasteiger partial charge in [0.05, 0.1) is 5.56 Å². The summed E-state index contributed by atoms with van der Waals surface area (Å²) in [6.45, 7) is -0.367. The minimum Gasteiger partial charge on any atom is -0.388 e. The number of aliphatic hydroxyl groups is 1. The van der Waals surface area contributed by atoms with Crippen molar-refractivity contribution >= 4 is 12.2 Å². The Morgan fingerprint density at radius 2 is 1.89 bits per heavy atom. The summed E-state index contributed by atoms with van der Waals surface area (Å²) in [6, 6.07) is 4.44. The Kier molecular flexibility index (Phi) is 3.22. The highest BCUT2D eigenvalue weighted by Gasteiger charge is 2.30. The summed E-state index contributed by atoms with van der Waals surface area (Å²) in [5.41, 5.74) is -0.336. The Bertz CT molecular complexity index is 600. The summed E-state index contributed by atoms with van der Waals surface area (Å²) < 4.78 is 38.8. The van der Waals surface area contributed by atoms with E-state index in [1.165, 1.54) is 16.7 Å².